The Morgan fingerprint density at radius 2 is 2.23 bits per heavy atom. The van der Waals surface area contributed by atoms with Crippen molar-refractivity contribution in [3.05, 3.63) is 52.1 Å². The maximum atomic E-state index is 14.9. The van der Waals surface area contributed by atoms with Crippen LogP contribution in [0, 0.1) is 0 Å². The van der Waals surface area contributed by atoms with Gasteiger partial charge in [0.2, 0.25) is 3.68 Å². The first-order valence-corrected chi connectivity index (χ1v) is 10.4. The van der Waals surface area contributed by atoms with Crippen LogP contribution in [0.4, 0.5) is 10.2 Å². The van der Waals surface area contributed by atoms with E-state index >= 15 is 0 Å². The SMILES string of the molecule is O=C(Nc1ccn(C2O[C@H](CO)[C@@H](O)C2(F)I)c(=O)n1)c1cccc2c1OCCC2. The van der Waals surface area contributed by atoms with Crippen molar-refractivity contribution in [1.29, 1.82) is 0 Å². The molecule has 0 bridgehead atoms. The zero-order valence-electron chi connectivity index (χ0n) is 15.6. The predicted molar refractivity (Wildman–Crippen MR) is 112 cm³/mol. The van der Waals surface area contributed by atoms with Gasteiger partial charge in [-0.1, -0.05) is 12.1 Å². The van der Waals surface area contributed by atoms with Crippen molar-refractivity contribution >= 4 is 34.3 Å². The van der Waals surface area contributed by atoms with Gasteiger partial charge < -0.3 is 25.0 Å². The quantitative estimate of drug-likeness (QED) is 0.400. The molecule has 1 aromatic carbocycles. The Bertz CT molecular complexity index is 1030. The average molecular weight is 531 g/mol. The number of anilines is 1. The summed E-state index contributed by atoms with van der Waals surface area (Å²) in [5.74, 6) is 0.00921. The molecule has 1 saturated heterocycles. The Kier molecular flexibility index (Phi) is 5.79. The Morgan fingerprint density at radius 1 is 1.43 bits per heavy atom. The van der Waals surface area contributed by atoms with Crippen LogP contribution in [0.15, 0.2) is 35.3 Å². The third-order valence-corrected chi connectivity index (χ3v) is 6.23. The standard InChI is InChI=1S/C19H19FIN3O6/c20-19(21)15(26)12(9-25)30-17(19)24-7-6-13(23-18(24)28)22-16(27)11-5-1-3-10-4-2-8-29-14(10)11/h1,3,5-7,12,15,17,25-26H,2,4,8-9H2,(H,22,23,27,28)/t12-,15-,17?,19?/m1/s1. The number of aryl methyl sites for hydroxylation is 1. The second-order valence-electron chi connectivity index (χ2n) is 7.03. The maximum Gasteiger partial charge on any atom is 0.351 e. The number of alkyl halides is 2. The summed E-state index contributed by atoms with van der Waals surface area (Å²) < 4.78 is 24.3. The molecule has 9 nitrogen and oxygen atoms in total. The first kappa shape index (κ1) is 21.2. The molecular weight excluding hydrogens is 512 g/mol. The summed E-state index contributed by atoms with van der Waals surface area (Å²) in [4.78, 5) is 28.9. The van der Waals surface area contributed by atoms with Crippen LogP contribution in [0.5, 0.6) is 5.75 Å². The molecule has 1 amide bonds. The summed E-state index contributed by atoms with van der Waals surface area (Å²) in [7, 11) is 0. The number of benzene rings is 1. The number of nitrogens with zero attached hydrogens (tertiary/aromatic N) is 2. The van der Waals surface area contributed by atoms with Crippen molar-refractivity contribution < 1.29 is 28.9 Å². The van der Waals surface area contributed by atoms with Crippen LogP contribution in [0.1, 0.15) is 28.6 Å². The molecule has 160 valence electrons. The third kappa shape index (κ3) is 3.70. The van der Waals surface area contributed by atoms with Crippen molar-refractivity contribution in [2.75, 3.05) is 18.5 Å². The zero-order chi connectivity index (χ0) is 21.5. The monoisotopic (exact) mass is 531 g/mol. The minimum Gasteiger partial charge on any atom is -0.492 e. The lowest BCUT2D eigenvalue weighted by molar-refractivity contribution is -0.0499. The van der Waals surface area contributed by atoms with E-state index in [1.54, 1.807) is 12.1 Å². The van der Waals surface area contributed by atoms with Crippen LogP contribution in [0.3, 0.4) is 0 Å². The number of hydrogen-bond acceptors (Lipinski definition) is 7. The molecule has 11 heteroatoms. The van der Waals surface area contributed by atoms with Gasteiger partial charge in [-0.05, 0) is 53.1 Å². The normalized spacial score (nSPS) is 27.9. The molecule has 0 aliphatic carbocycles. The van der Waals surface area contributed by atoms with E-state index in [9.17, 15) is 24.2 Å². The topological polar surface area (TPSA) is 123 Å². The number of carbonyl (C=O) groups excluding carboxylic acids is 1. The van der Waals surface area contributed by atoms with Gasteiger partial charge in [-0.2, -0.15) is 4.98 Å². The number of aromatic nitrogens is 2. The second kappa shape index (κ2) is 8.21. The molecular formula is C19H19FIN3O6. The number of amides is 1. The molecule has 2 aliphatic heterocycles. The number of aliphatic hydroxyl groups excluding tert-OH is 2. The highest BCUT2D eigenvalue weighted by Gasteiger charge is 2.56. The smallest absolute Gasteiger partial charge is 0.351 e. The van der Waals surface area contributed by atoms with Gasteiger partial charge >= 0.3 is 5.69 Å². The largest absolute Gasteiger partial charge is 0.492 e. The number of fused-ring (bicyclic) bond motifs is 1. The number of nitrogens with one attached hydrogen (secondary N) is 1. The fourth-order valence-corrected chi connectivity index (χ4v) is 4.38. The van der Waals surface area contributed by atoms with E-state index in [-0.39, 0.29) is 5.82 Å². The molecule has 3 heterocycles. The molecule has 0 saturated carbocycles. The summed E-state index contributed by atoms with van der Waals surface area (Å²) in [6.07, 6.45) is -1.37. The first-order valence-electron chi connectivity index (χ1n) is 9.30. The van der Waals surface area contributed by atoms with Crippen molar-refractivity contribution in [1.82, 2.24) is 9.55 Å². The van der Waals surface area contributed by atoms with Gasteiger partial charge in [-0.25, -0.2) is 9.18 Å². The average Bonchev–Trinajstić information content (AvgIpc) is 2.96. The number of halogens is 2. The lowest BCUT2D eigenvalue weighted by Gasteiger charge is -2.23. The Morgan fingerprint density at radius 3 is 2.93 bits per heavy atom. The van der Waals surface area contributed by atoms with Gasteiger partial charge in [0, 0.05) is 6.20 Å². The highest BCUT2D eigenvalue weighted by atomic mass is 127. The Labute approximate surface area is 184 Å². The van der Waals surface area contributed by atoms with E-state index < -0.39 is 40.3 Å². The van der Waals surface area contributed by atoms with Gasteiger partial charge in [-0.3, -0.25) is 9.36 Å². The number of ether oxygens (including phenoxy) is 2. The van der Waals surface area contributed by atoms with Gasteiger partial charge in [0.1, 0.15) is 23.8 Å². The molecule has 30 heavy (non-hydrogen) atoms. The fraction of sp³-hybridized carbons (Fsp3) is 0.421. The zero-order valence-corrected chi connectivity index (χ0v) is 17.8. The summed E-state index contributed by atoms with van der Waals surface area (Å²) >= 11 is 1.35. The van der Waals surface area contributed by atoms with E-state index in [4.69, 9.17) is 9.47 Å². The molecule has 4 rings (SSSR count). The predicted octanol–water partition coefficient (Wildman–Crippen LogP) is 1.17. The molecule has 2 unspecified atom stereocenters. The second-order valence-corrected chi connectivity index (χ2v) is 8.68. The van der Waals surface area contributed by atoms with Gasteiger partial charge in [0.15, 0.2) is 6.23 Å². The summed E-state index contributed by atoms with van der Waals surface area (Å²) in [6.45, 7) is -0.0823. The molecule has 4 atom stereocenters. The number of hydrogen-bond donors (Lipinski definition) is 3. The Hall–Kier alpha value is -2.09. The molecule has 0 radical (unpaired) electrons. The molecule has 3 N–H and O–H groups in total. The van der Waals surface area contributed by atoms with Gasteiger partial charge in [0.25, 0.3) is 5.91 Å². The number of aliphatic hydroxyl groups is 2. The minimum absolute atomic E-state index is 0.0233. The van der Waals surface area contributed by atoms with Crippen LogP contribution < -0.4 is 15.7 Å². The lowest BCUT2D eigenvalue weighted by Crippen LogP contribution is -2.40. The van der Waals surface area contributed by atoms with Crippen LogP contribution in [0.25, 0.3) is 0 Å². The molecule has 2 aromatic rings. The molecule has 1 fully saturated rings. The van der Waals surface area contributed by atoms with Crippen molar-refractivity contribution in [3.63, 3.8) is 0 Å². The minimum atomic E-state index is -2.35. The number of carbonyl (C=O) groups is 1. The van der Waals surface area contributed by atoms with E-state index in [1.807, 2.05) is 6.07 Å². The maximum absolute atomic E-state index is 14.9. The number of para-hydroxylation sites is 1. The van der Waals surface area contributed by atoms with E-state index in [0.717, 1.165) is 23.0 Å². The highest BCUT2D eigenvalue weighted by Crippen LogP contribution is 2.45. The van der Waals surface area contributed by atoms with Crippen LogP contribution in [-0.4, -0.2) is 54.8 Å². The lowest BCUT2D eigenvalue weighted by atomic mass is 10.0. The highest BCUT2D eigenvalue weighted by molar-refractivity contribution is 14.1. The first-order chi connectivity index (χ1) is 14.3. The fourth-order valence-electron chi connectivity index (χ4n) is 3.53. The molecule has 0 spiro atoms. The Balaban J connectivity index is 1.56. The van der Waals surface area contributed by atoms with Crippen LogP contribution in [0.2, 0.25) is 0 Å². The van der Waals surface area contributed by atoms with Gasteiger partial charge in [0.05, 0.1) is 18.8 Å². The summed E-state index contributed by atoms with van der Waals surface area (Å²) in [5, 5.41) is 21.7. The van der Waals surface area contributed by atoms with Crippen LogP contribution in [-0.2, 0) is 11.2 Å². The van der Waals surface area contributed by atoms with Crippen molar-refractivity contribution in [2.24, 2.45) is 0 Å². The number of rotatable bonds is 4. The van der Waals surface area contributed by atoms with Crippen molar-refractivity contribution in [2.45, 2.75) is 35.0 Å². The molecule has 2 aliphatic rings. The van der Waals surface area contributed by atoms with Crippen molar-refractivity contribution in [3.8, 4) is 5.75 Å². The third-order valence-electron chi connectivity index (χ3n) is 5.06. The summed E-state index contributed by atoms with van der Waals surface area (Å²) in [5.41, 5.74) is 0.392. The van der Waals surface area contributed by atoms with E-state index in [0.29, 0.717) is 17.9 Å². The van der Waals surface area contributed by atoms with E-state index in [2.05, 4.69) is 10.3 Å². The van der Waals surface area contributed by atoms with E-state index in [1.165, 1.54) is 34.9 Å². The molecule has 1 aromatic heterocycles. The van der Waals surface area contributed by atoms with Crippen LogP contribution >= 0.6 is 22.6 Å². The van der Waals surface area contributed by atoms with Gasteiger partial charge in [-0.15, -0.1) is 0 Å². The summed E-state index contributed by atoms with van der Waals surface area (Å²) in [6, 6.07) is 6.60.